The van der Waals surface area contributed by atoms with Crippen molar-refractivity contribution in [2.75, 3.05) is 25.9 Å². The maximum absolute atomic E-state index is 12.5. The van der Waals surface area contributed by atoms with Gasteiger partial charge in [-0.3, -0.25) is 9.69 Å². The summed E-state index contributed by atoms with van der Waals surface area (Å²) < 4.78 is 0. The van der Waals surface area contributed by atoms with E-state index in [0.29, 0.717) is 23.3 Å². The molecular formula is C15H21N3O. The second-order valence-electron chi connectivity index (χ2n) is 5.72. The monoisotopic (exact) mass is 259 g/mol. The van der Waals surface area contributed by atoms with Crippen LogP contribution in [-0.2, 0) is 0 Å². The van der Waals surface area contributed by atoms with Gasteiger partial charge in [-0.25, -0.2) is 0 Å². The van der Waals surface area contributed by atoms with Gasteiger partial charge in [0, 0.05) is 36.4 Å². The van der Waals surface area contributed by atoms with Crippen LogP contribution < -0.4 is 5.73 Å². The summed E-state index contributed by atoms with van der Waals surface area (Å²) in [5.41, 5.74) is 7.12. The molecule has 2 atom stereocenters. The molecule has 2 bridgehead atoms. The van der Waals surface area contributed by atoms with Gasteiger partial charge < -0.3 is 10.6 Å². The highest BCUT2D eigenvalue weighted by atomic mass is 16.2. The Balaban J connectivity index is 1.77. The number of nitrogens with two attached hydrogens (primary N) is 1. The number of rotatable bonds is 1. The molecule has 2 fully saturated rings. The van der Waals surface area contributed by atoms with Gasteiger partial charge in [-0.05, 0) is 44.5 Å². The van der Waals surface area contributed by atoms with Crippen molar-refractivity contribution in [3.8, 4) is 0 Å². The van der Waals surface area contributed by atoms with Gasteiger partial charge in [-0.2, -0.15) is 0 Å². The summed E-state index contributed by atoms with van der Waals surface area (Å²) in [5, 5.41) is 0. The van der Waals surface area contributed by atoms with Crippen LogP contribution in [0, 0.1) is 0 Å². The summed E-state index contributed by atoms with van der Waals surface area (Å²) in [5.74, 6) is 0.119. The normalized spacial score (nSPS) is 27.3. The molecule has 2 unspecified atom stereocenters. The summed E-state index contributed by atoms with van der Waals surface area (Å²) in [7, 11) is 2.19. The van der Waals surface area contributed by atoms with Crippen molar-refractivity contribution in [1.82, 2.24) is 9.80 Å². The standard InChI is InChI=1S/C15H21N3O/c1-17-13-5-6-14(17)10-18(8-7-13)15(19)11-3-2-4-12(16)9-11/h2-4,9,13-14H,5-8,10,16H2,1H3. The molecule has 2 heterocycles. The molecule has 0 spiro atoms. The Morgan fingerprint density at radius 2 is 2.05 bits per heavy atom. The average molecular weight is 259 g/mol. The Labute approximate surface area is 114 Å². The molecule has 1 amide bonds. The van der Waals surface area contributed by atoms with Gasteiger partial charge in [0.2, 0.25) is 0 Å². The lowest BCUT2D eigenvalue weighted by Crippen LogP contribution is -2.39. The zero-order chi connectivity index (χ0) is 13.4. The van der Waals surface area contributed by atoms with E-state index < -0.39 is 0 Å². The number of fused-ring (bicyclic) bond motifs is 2. The summed E-state index contributed by atoms with van der Waals surface area (Å²) in [6.07, 6.45) is 3.57. The van der Waals surface area contributed by atoms with Crippen LogP contribution in [-0.4, -0.2) is 47.9 Å². The second kappa shape index (κ2) is 4.85. The van der Waals surface area contributed by atoms with Gasteiger partial charge in [0.05, 0.1) is 0 Å². The number of likely N-dealkylation sites (N-methyl/N-ethyl adjacent to an activating group) is 1. The fourth-order valence-corrected chi connectivity index (χ4v) is 3.35. The van der Waals surface area contributed by atoms with Crippen molar-refractivity contribution >= 4 is 11.6 Å². The van der Waals surface area contributed by atoms with Crippen LogP contribution in [0.5, 0.6) is 0 Å². The number of hydrogen-bond acceptors (Lipinski definition) is 3. The Kier molecular flexibility index (Phi) is 3.19. The second-order valence-corrected chi connectivity index (χ2v) is 5.72. The van der Waals surface area contributed by atoms with Crippen LogP contribution in [0.15, 0.2) is 24.3 Å². The van der Waals surface area contributed by atoms with E-state index in [1.54, 1.807) is 6.07 Å². The van der Waals surface area contributed by atoms with E-state index in [1.165, 1.54) is 12.8 Å². The minimum Gasteiger partial charge on any atom is -0.399 e. The van der Waals surface area contributed by atoms with Crippen LogP contribution in [0.25, 0.3) is 0 Å². The first-order valence-corrected chi connectivity index (χ1v) is 7.02. The van der Waals surface area contributed by atoms with Crippen LogP contribution in [0.2, 0.25) is 0 Å². The minimum absolute atomic E-state index is 0.119. The molecule has 19 heavy (non-hydrogen) atoms. The first-order chi connectivity index (χ1) is 9.15. The van der Waals surface area contributed by atoms with Crippen LogP contribution in [0.4, 0.5) is 5.69 Å². The Bertz CT molecular complexity index is 488. The predicted octanol–water partition coefficient (Wildman–Crippen LogP) is 1.58. The van der Waals surface area contributed by atoms with Crippen LogP contribution in [0.1, 0.15) is 29.6 Å². The first kappa shape index (κ1) is 12.5. The number of nitrogens with zero attached hydrogens (tertiary/aromatic N) is 2. The van der Waals surface area contributed by atoms with E-state index in [1.807, 2.05) is 23.1 Å². The van der Waals surface area contributed by atoms with Crippen molar-refractivity contribution in [1.29, 1.82) is 0 Å². The van der Waals surface area contributed by atoms with E-state index in [9.17, 15) is 4.79 Å². The highest BCUT2D eigenvalue weighted by Crippen LogP contribution is 2.29. The van der Waals surface area contributed by atoms with Gasteiger partial charge in [0.1, 0.15) is 0 Å². The van der Waals surface area contributed by atoms with Gasteiger partial charge in [-0.1, -0.05) is 6.07 Å². The van der Waals surface area contributed by atoms with Crippen molar-refractivity contribution in [3.63, 3.8) is 0 Å². The van der Waals surface area contributed by atoms with E-state index in [0.717, 1.165) is 19.5 Å². The van der Waals surface area contributed by atoms with Crippen molar-refractivity contribution in [2.45, 2.75) is 31.3 Å². The Morgan fingerprint density at radius 1 is 1.26 bits per heavy atom. The molecule has 1 aromatic carbocycles. The summed E-state index contributed by atoms with van der Waals surface area (Å²) >= 11 is 0. The molecule has 0 aromatic heterocycles. The molecule has 1 aromatic rings. The number of carbonyl (C=O) groups is 1. The van der Waals surface area contributed by atoms with Gasteiger partial charge in [0.15, 0.2) is 0 Å². The number of likely N-dealkylation sites (tertiary alicyclic amines) is 1. The topological polar surface area (TPSA) is 49.6 Å². The van der Waals surface area contributed by atoms with E-state index in [-0.39, 0.29) is 5.91 Å². The highest BCUT2D eigenvalue weighted by Gasteiger charge is 2.36. The third-order valence-electron chi connectivity index (χ3n) is 4.57. The third-order valence-corrected chi connectivity index (χ3v) is 4.57. The fraction of sp³-hybridized carbons (Fsp3) is 0.533. The molecule has 0 aliphatic carbocycles. The maximum Gasteiger partial charge on any atom is 0.253 e. The van der Waals surface area contributed by atoms with Crippen LogP contribution >= 0.6 is 0 Å². The van der Waals surface area contributed by atoms with E-state index in [2.05, 4.69) is 11.9 Å². The maximum atomic E-state index is 12.5. The lowest BCUT2D eigenvalue weighted by Gasteiger charge is -2.26. The number of amides is 1. The average Bonchev–Trinajstić information content (AvgIpc) is 2.62. The zero-order valence-electron chi connectivity index (χ0n) is 11.4. The molecule has 102 valence electrons. The van der Waals surface area contributed by atoms with Gasteiger partial charge in [-0.15, -0.1) is 0 Å². The predicted molar refractivity (Wildman–Crippen MR) is 75.9 cm³/mol. The first-order valence-electron chi connectivity index (χ1n) is 7.02. The van der Waals surface area contributed by atoms with E-state index >= 15 is 0 Å². The molecule has 2 aliphatic heterocycles. The van der Waals surface area contributed by atoms with Crippen molar-refractivity contribution in [2.24, 2.45) is 0 Å². The fourth-order valence-electron chi connectivity index (χ4n) is 3.35. The summed E-state index contributed by atoms with van der Waals surface area (Å²) in [6, 6.07) is 8.47. The summed E-state index contributed by atoms with van der Waals surface area (Å²) in [6.45, 7) is 1.71. The minimum atomic E-state index is 0.119. The highest BCUT2D eigenvalue weighted by molar-refractivity contribution is 5.95. The Hall–Kier alpha value is -1.55. The smallest absolute Gasteiger partial charge is 0.253 e. The van der Waals surface area contributed by atoms with Crippen molar-refractivity contribution in [3.05, 3.63) is 29.8 Å². The lowest BCUT2D eigenvalue weighted by atomic mass is 10.1. The molecule has 4 nitrogen and oxygen atoms in total. The molecule has 0 radical (unpaired) electrons. The number of hydrogen-bond donors (Lipinski definition) is 1. The SMILES string of the molecule is CN1C2CCC1CN(C(=O)c1cccc(N)c1)CC2. The quantitative estimate of drug-likeness (QED) is 0.779. The van der Waals surface area contributed by atoms with Crippen LogP contribution in [0.3, 0.4) is 0 Å². The number of carbonyl (C=O) groups excluding carboxylic acids is 1. The van der Waals surface area contributed by atoms with E-state index in [4.69, 9.17) is 5.73 Å². The van der Waals surface area contributed by atoms with Crippen molar-refractivity contribution < 1.29 is 4.79 Å². The number of benzene rings is 1. The van der Waals surface area contributed by atoms with Gasteiger partial charge in [0.25, 0.3) is 5.91 Å². The van der Waals surface area contributed by atoms with Gasteiger partial charge >= 0.3 is 0 Å². The Morgan fingerprint density at radius 3 is 2.84 bits per heavy atom. The molecule has 0 saturated carbocycles. The number of nitrogen functional groups attached to an aromatic ring is 1. The largest absolute Gasteiger partial charge is 0.399 e. The molecule has 2 saturated heterocycles. The zero-order valence-corrected chi connectivity index (χ0v) is 11.4. The summed E-state index contributed by atoms with van der Waals surface area (Å²) in [4.78, 5) is 17.0. The third kappa shape index (κ3) is 2.32. The molecular weight excluding hydrogens is 238 g/mol. The molecule has 2 N–H and O–H groups in total. The molecule has 3 rings (SSSR count). The lowest BCUT2D eigenvalue weighted by molar-refractivity contribution is 0.0740. The molecule has 4 heteroatoms. The molecule has 2 aliphatic rings. The number of anilines is 1.